The van der Waals surface area contributed by atoms with Gasteiger partial charge >= 0.3 is 12.2 Å². The van der Waals surface area contributed by atoms with Gasteiger partial charge < -0.3 is 14.6 Å². The van der Waals surface area contributed by atoms with Crippen LogP contribution >= 0.6 is 22.9 Å². The maximum absolute atomic E-state index is 11.9. The summed E-state index contributed by atoms with van der Waals surface area (Å²) < 4.78 is 10.8. The van der Waals surface area contributed by atoms with E-state index in [4.69, 9.17) is 26.2 Å². The van der Waals surface area contributed by atoms with Crippen LogP contribution in [-0.2, 0) is 9.47 Å². The summed E-state index contributed by atoms with van der Waals surface area (Å²) in [7, 11) is 0. The molecule has 10 heteroatoms. The number of ether oxygens (including phenoxy) is 2. The summed E-state index contributed by atoms with van der Waals surface area (Å²) in [6.07, 6.45) is -0.181. The van der Waals surface area contributed by atoms with Gasteiger partial charge in [0.05, 0.1) is 24.0 Å². The Hall–Kier alpha value is -2.78. The van der Waals surface area contributed by atoms with Crippen LogP contribution < -0.4 is 9.80 Å². The molecule has 0 unspecified atom stereocenters. The lowest BCUT2D eigenvalue weighted by atomic mass is 10.2. The van der Waals surface area contributed by atoms with E-state index < -0.39 is 6.09 Å². The molecule has 0 spiro atoms. The number of carbonyl (C=O) groups is 2. The number of anilines is 2. The van der Waals surface area contributed by atoms with Gasteiger partial charge in [-0.25, -0.2) is 9.59 Å². The number of rotatable bonds is 4. The second-order valence-corrected chi connectivity index (χ2v) is 7.93. The van der Waals surface area contributed by atoms with E-state index in [-0.39, 0.29) is 17.3 Å². The zero-order valence-electron chi connectivity index (χ0n) is 15.5. The Morgan fingerprint density at radius 1 is 1.14 bits per heavy atom. The first-order valence-electron chi connectivity index (χ1n) is 8.87. The summed E-state index contributed by atoms with van der Waals surface area (Å²) in [6.45, 7) is 5.34. The van der Waals surface area contributed by atoms with Crippen LogP contribution in [0.3, 0.4) is 0 Å². The Morgan fingerprint density at radius 2 is 1.83 bits per heavy atom. The highest BCUT2D eigenvalue weighted by Crippen LogP contribution is 2.27. The molecule has 2 aliphatic heterocycles. The SMILES string of the molecule is C=NC[C@H]1CN(c2ccc(N3CCCOC3=O)cc2)C(=O)O1.Oc1ccc(Cl)s1. The summed E-state index contributed by atoms with van der Waals surface area (Å²) >= 11 is 6.58. The number of nitrogens with zero attached hydrogens (tertiary/aromatic N) is 3. The molecule has 1 aromatic heterocycles. The molecule has 0 radical (unpaired) electrons. The van der Waals surface area contributed by atoms with Gasteiger partial charge in [-0.15, -0.1) is 0 Å². The molecule has 2 aliphatic rings. The summed E-state index contributed by atoms with van der Waals surface area (Å²) in [4.78, 5) is 30.4. The number of thiophene rings is 1. The summed E-state index contributed by atoms with van der Waals surface area (Å²) in [6, 6.07) is 10.4. The van der Waals surface area contributed by atoms with Crippen LogP contribution in [0.4, 0.5) is 21.0 Å². The molecule has 2 saturated heterocycles. The highest BCUT2D eigenvalue weighted by atomic mass is 35.5. The van der Waals surface area contributed by atoms with Crippen LogP contribution in [0, 0.1) is 0 Å². The Bertz CT molecular complexity index is 856. The maximum atomic E-state index is 11.9. The van der Waals surface area contributed by atoms with Crippen molar-refractivity contribution in [1.29, 1.82) is 0 Å². The molecule has 3 heterocycles. The molecule has 4 rings (SSSR count). The van der Waals surface area contributed by atoms with E-state index in [9.17, 15) is 9.59 Å². The van der Waals surface area contributed by atoms with Crippen LogP contribution in [0.5, 0.6) is 5.06 Å². The third-order valence-electron chi connectivity index (χ3n) is 4.21. The molecular formula is C19H20ClN3O5S. The lowest BCUT2D eigenvalue weighted by Gasteiger charge is -2.26. The number of hydrogen-bond donors (Lipinski definition) is 1. The van der Waals surface area contributed by atoms with Crippen LogP contribution in [0.25, 0.3) is 0 Å². The fraction of sp³-hybridized carbons (Fsp3) is 0.316. The first kappa shape index (κ1) is 20.9. The fourth-order valence-corrected chi connectivity index (χ4v) is 3.65. The normalized spacial score (nSPS) is 18.6. The highest BCUT2D eigenvalue weighted by Gasteiger charge is 2.32. The average Bonchev–Trinajstić information content (AvgIpc) is 3.27. The molecule has 2 fully saturated rings. The Balaban J connectivity index is 0.000000290. The van der Waals surface area contributed by atoms with E-state index in [1.807, 2.05) is 0 Å². The number of carbonyl (C=O) groups excluding carboxylic acids is 2. The standard InChI is InChI=1S/C15H17N3O4.C4H3ClOS/c1-16-9-13-10-18(15(20)22-13)12-5-3-11(4-6-12)17-7-2-8-21-14(17)19;5-3-1-2-4(6)7-3/h3-6,13H,1-2,7-10H2;1-2,6H/t13-;/m0./s1. The van der Waals surface area contributed by atoms with Crippen LogP contribution in [0.15, 0.2) is 41.4 Å². The minimum Gasteiger partial charge on any atom is -0.499 e. The molecule has 0 bridgehead atoms. The van der Waals surface area contributed by atoms with Gasteiger partial charge in [-0.2, -0.15) is 0 Å². The lowest BCUT2D eigenvalue weighted by molar-refractivity contribution is 0.140. The maximum Gasteiger partial charge on any atom is 0.414 e. The minimum atomic E-state index is -0.390. The highest BCUT2D eigenvalue weighted by molar-refractivity contribution is 7.17. The summed E-state index contributed by atoms with van der Waals surface area (Å²) in [5, 5.41) is 8.86. The quantitative estimate of drug-likeness (QED) is 0.725. The number of benzene rings is 1. The zero-order valence-corrected chi connectivity index (χ0v) is 17.1. The van der Waals surface area contributed by atoms with Crippen LogP contribution in [-0.4, -0.2) is 56.4 Å². The van der Waals surface area contributed by atoms with Crippen molar-refractivity contribution in [3.8, 4) is 5.06 Å². The van der Waals surface area contributed by atoms with Crippen LogP contribution in [0.1, 0.15) is 6.42 Å². The molecule has 29 heavy (non-hydrogen) atoms. The fourth-order valence-electron chi connectivity index (χ4n) is 2.87. The van der Waals surface area contributed by atoms with Gasteiger partial charge in [0.25, 0.3) is 0 Å². The van der Waals surface area contributed by atoms with E-state index in [0.29, 0.717) is 30.6 Å². The molecule has 2 amide bonds. The minimum absolute atomic E-state index is 0.262. The van der Waals surface area contributed by atoms with E-state index in [1.165, 1.54) is 0 Å². The van der Waals surface area contributed by atoms with Crippen molar-refractivity contribution >= 4 is 53.2 Å². The van der Waals surface area contributed by atoms with Gasteiger partial charge in [-0.3, -0.25) is 14.8 Å². The van der Waals surface area contributed by atoms with E-state index in [0.717, 1.165) is 29.1 Å². The van der Waals surface area contributed by atoms with Crippen molar-refractivity contribution in [1.82, 2.24) is 0 Å². The van der Waals surface area contributed by atoms with Crippen LogP contribution in [0.2, 0.25) is 4.34 Å². The van der Waals surface area contributed by atoms with Crippen molar-refractivity contribution in [2.75, 3.05) is 36.0 Å². The molecule has 8 nitrogen and oxygen atoms in total. The molecule has 1 N–H and O–H groups in total. The summed E-state index contributed by atoms with van der Waals surface area (Å²) in [5.41, 5.74) is 1.48. The molecule has 0 aliphatic carbocycles. The van der Waals surface area contributed by atoms with Gasteiger partial charge in [-0.05, 0) is 49.5 Å². The molecule has 0 saturated carbocycles. The lowest BCUT2D eigenvalue weighted by Crippen LogP contribution is -2.37. The second-order valence-electron chi connectivity index (χ2n) is 6.24. The number of halogens is 1. The molecule has 2 aromatic rings. The zero-order chi connectivity index (χ0) is 20.8. The van der Waals surface area contributed by atoms with Gasteiger partial charge in [0.15, 0.2) is 5.06 Å². The first-order valence-corrected chi connectivity index (χ1v) is 10.1. The smallest absolute Gasteiger partial charge is 0.414 e. The third-order valence-corrected chi connectivity index (χ3v) is 5.24. The largest absolute Gasteiger partial charge is 0.499 e. The molecule has 1 aromatic carbocycles. The number of aliphatic imine (C=N–C) groups is 1. The van der Waals surface area contributed by atoms with Gasteiger partial charge in [0, 0.05) is 17.9 Å². The van der Waals surface area contributed by atoms with Crippen molar-refractivity contribution in [2.45, 2.75) is 12.5 Å². The molecule has 1 atom stereocenters. The van der Waals surface area contributed by atoms with Crippen molar-refractivity contribution in [2.24, 2.45) is 4.99 Å². The topological polar surface area (TPSA) is 91.7 Å². The predicted octanol–water partition coefficient (Wildman–Crippen LogP) is 4.17. The number of hydrogen-bond acceptors (Lipinski definition) is 7. The average molecular weight is 438 g/mol. The van der Waals surface area contributed by atoms with Crippen molar-refractivity contribution < 1.29 is 24.2 Å². The molecule has 154 valence electrons. The number of cyclic esters (lactones) is 2. The van der Waals surface area contributed by atoms with Gasteiger partial charge in [0.1, 0.15) is 6.10 Å². The monoisotopic (exact) mass is 437 g/mol. The Kier molecular flexibility index (Phi) is 6.95. The van der Waals surface area contributed by atoms with Crippen molar-refractivity contribution in [3.63, 3.8) is 0 Å². The Morgan fingerprint density at radius 3 is 2.34 bits per heavy atom. The number of amides is 2. The second kappa shape index (κ2) is 9.62. The molecular weight excluding hydrogens is 418 g/mol. The number of aromatic hydroxyl groups is 1. The van der Waals surface area contributed by atoms with Gasteiger partial charge in [0.2, 0.25) is 0 Å². The van der Waals surface area contributed by atoms with E-state index in [2.05, 4.69) is 11.7 Å². The van der Waals surface area contributed by atoms with E-state index in [1.54, 1.807) is 46.2 Å². The third kappa shape index (κ3) is 5.39. The summed E-state index contributed by atoms with van der Waals surface area (Å²) in [5.74, 6) is 0. The predicted molar refractivity (Wildman–Crippen MR) is 113 cm³/mol. The van der Waals surface area contributed by atoms with E-state index >= 15 is 0 Å². The first-order chi connectivity index (χ1) is 14.0. The Labute approximate surface area is 176 Å². The van der Waals surface area contributed by atoms with Crippen molar-refractivity contribution in [3.05, 3.63) is 40.7 Å². The van der Waals surface area contributed by atoms with Gasteiger partial charge in [-0.1, -0.05) is 22.9 Å².